The summed E-state index contributed by atoms with van der Waals surface area (Å²) in [7, 11) is 0. The SMILES string of the molecule is C=CC1CCNC1.CCC.CCCCCCC/C=C\CCCCCCCCC.CCCCCCCC/C=C/CCCCCCCCC1CCCC1. The molecule has 1 unspecified atom stereocenters. The van der Waals surface area contributed by atoms with Crippen LogP contribution >= 0.6 is 0 Å². The van der Waals surface area contributed by atoms with Gasteiger partial charge < -0.3 is 5.32 Å². The summed E-state index contributed by atoms with van der Waals surface area (Å²) in [6.07, 6.45) is 61.4. The summed E-state index contributed by atoms with van der Waals surface area (Å²) in [5.41, 5.74) is 0. The molecule has 304 valence electrons. The zero-order valence-electron chi connectivity index (χ0n) is 36.4. The Labute approximate surface area is 325 Å². The number of allylic oxidation sites excluding steroid dienone is 4. The van der Waals surface area contributed by atoms with E-state index < -0.39 is 0 Å². The molecular weight excluding hydrogens is 615 g/mol. The van der Waals surface area contributed by atoms with Crippen molar-refractivity contribution in [1.29, 1.82) is 0 Å². The predicted molar refractivity (Wildman–Crippen MR) is 238 cm³/mol. The van der Waals surface area contributed by atoms with Crippen LogP contribution in [0.15, 0.2) is 37.0 Å². The molecule has 1 aliphatic carbocycles. The van der Waals surface area contributed by atoms with E-state index in [1.807, 2.05) is 6.08 Å². The lowest BCUT2D eigenvalue weighted by molar-refractivity contribution is 0.461. The van der Waals surface area contributed by atoms with E-state index in [1.165, 1.54) is 231 Å². The van der Waals surface area contributed by atoms with E-state index in [0.29, 0.717) is 0 Å². The average Bonchev–Trinajstić information content (AvgIpc) is 3.88. The van der Waals surface area contributed by atoms with Crippen LogP contribution in [0.3, 0.4) is 0 Å². The Hall–Kier alpha value is -0.820. The summed E-state index contributed by atoms with van der Waals surface area (Å²) >= 11 is 0. The molecule has 2 fully saturated rings. The third kappa shape index (κ3) is 47.2. The second-order valence-corrected chi connectivity index (χ2v) is 16.2. The highest BCUT2D eigenvalue weighted by Crippen LogP contribution is 2.29. The molecule has 1 aliphatic heterocycles. The fourth-order valence-corrected chi connectivity index (χ4v) is 7.18. The van der Waals surface area contributed by atoms with Gasteiger partial charge in [0.15, 0.2) is 0 Å². The van der Waals surface area contributed by atoms with Crippen LogP contribution in [0.25, 0.3) is 0 Å². The first-order valence-electron chi connectivity index (χ1n) is 23.8. The largest absolute Gasteiger partial charge is 0.316 e. The maximum Gasteiger partial charge on any atom is 0.00145 e. The molecule has 1 heterocycles. The molecule has 1 N–H and O–H groups in total. The first-order valence-corrected chi connectivity index (χ1v) is 23.8. The summed E-state index contributed by atoms with van der Waals surface area (Å²) < 4.78 is 0. The van der Waals surface area contributed by atoms with Gasteiger partial charge in [-0.05, 0) is 76.2 Å². The molecule has 1 heteroatoms. The normalized spacial score (nSPS) is 15.7. The number of hydrogen-bond acceptors (Lipinski definition) is 1. The molecule has 0 spiro atoms. The fraction of sp³-hybridized carbons (Fsp3) is 0.880. The second-order valence-electron chi connectivity index (χ2n) is 16.2. The van der Waals surface area contributed by atoms with Crippen molar-refractivity contribution in [2.45, 2.75) is 259 Å². The summed E-state index contributed by atoms with van der Waals surface area (Å²) in [6.45, 7) is 17.1. The van der Waals surface area contributed by atoms with E-state index in [0.717, 1.165) is 18.4 Å². The Kier molecular flexibility index (Phi) is 50.4. The Balaban J connectivity index is 0. The molecule has 1 atom stereocenters. The standard InChI is InChI=1S/C23H44.C18H36.C6H11N.C3H8/c1-2-3-4-5-6-7-8-9-10-11-12-13-14-15-16-17-20-23-21-18-19-22-23;1-3-5-7-9-11-13-15-17-18-16-14-12-10-8-6-4-2;1-2-6-3-4-7-5-6;1-3-2/h9-10,23H,2-8,11-22H2,1H3;15,17H,3-14,16,18H2,1-2H3;2,6-7H,1,3-5H2;3H2,1-2H3/b10-9+;17-15-;;. The van der Waals surface area contributed by atoms with Crippen molar-refractivity contribution in [3.05, 3.63) is 37.0 Å². The molecular formula is C50H99N. The fourth-order valence-electron chi connectivity index (χ4n) is 7.18. The maximum atomic E-state index is 3.70. The Morgan fingerprint density at radius 1 is 0.451 bits per heavy atom. The highest BCUT2D eigenvalue weighted by molar-refractivity contribution is 4.85. The number of rotatable bonds is 31. The van der Waals surface area contributed by atoms with E-state index in [1.54, 1.807) is 0 Å². The van der Waals surface area contributed by atoms with Crippen LogP contribution in [0, 0.1) is 11.8 Å². The van der Waals surface area contributed by atoms with E-state index in [2.05, 4.69) is 70.8 Å². The zero-order chi connectivity index (χ0) is 37.6. The summed E-state index contributed by atoms with van der Waals surface area (Å²) in [5.74, 6) is 1.85. The van der Waals surface area contributed by atoms with E-state index >= 15 is 0 Å². The van der Waals surface area contributed by atoms with Gasteiger partial charge >= 0.3 is 0 Å². The number of hydrogen-bond donors (Lipinski definition) is 1. The molecule has 1 saturated carbocycles. The van der Waals surface area contributed by atoms with Crippen LogP contribution in [0.1, 0.15) is 259 Å². The minimum atomic E-state index is 0.750. The molecule has 51 heavy (non-hydrogen) atoms. The van der Waals surface area contributed by atoms with E-state index in [4.69, 9.17) is 0 Å². The molecule has 0 radical (unpaired) electrons. The molecule has 0 amide bonds. The first-order chi connectivity index (χ1) is 25.2. The monoisotopic (exact) mass is 714 g/mol. The molecule has 1 saturated heterocycles. The van der Waals surface area contributed by atoms with Gasteiger partial charge in [0, 0.05) is 6.54 Å². The van der Waals surface area contributed by atoms with Gasteiger partial charge in [-0.15, -0.1) is 6.58 Å². The lowest BCUT2D eigenvalue weighted by Gasteiger charge is -2.07. The van der Waals surface area contributed by atoms with Gasteiger partial charge in [0.25, 0.3) is 0 Å². The van der Waals surface area contributed by atoms with Gasteiger partial charge in [0.2, 0.25) is 0 Å². The summed E-state index contributed by atoms with van der Waals surface area (Å²) in [5, 5.41) is 3.25. The van der Waals surface area contributed by atoms with Crippen molar-refractivity contribution in [1.82, 2.24) is 5.32 Å². The van der Waals surface area contributed by atoms with Crippen molar-refractivity contribution < 1.29 is 0 Å². The highest BCUT2D eigenvalue weighted by Gasteiger charge is 2.13. The Morgan fingerprint density at radius 2 is 0.784 bits per heavy atom. The predicted octanol–water partition coefficient (Wildman–Crippen LogP) is 17.8. The van der Waals surface area contributed by atoms with E-state index in [9.17, 15) is 0 Å². The average molecular weight is 714 g/mol. The van der Waals surface area contributed by atoms with Crippen molar-refractivity contribution in [3.63, 3.8) is 0 Å². The maximum absolute atomic E-state index is 3.70. The van der Waals surface area contributed by atoms with Crippen LogP contribution in [-0.4, -0.2) is 13.1 Å². The second kappa shape index (κ2) is 49.2. The Bertz CT molecular complexity index is 650. The minimum Gasteiger partial charge on any atom is -0.316 e. The van der Waals surface area contributed by atoms with Crippen molar-refractivity contribution in [3.8, 4) is 0 Å². The smallest absolute Gasteiger partial charge is 0.00145 e. The van der Waals surface area contributed by atoms with Crippen LogP contribution < -0.4 is 5.32 Å². The Morgan fingerprint density at radius 3 is 1.08 bits per heavy atom. The lowest BCUT2D eigenvalue weighted by Crippen LogP contribution is -2.06. The molecule has 0 bridgehead atoms. The molecule has 2 aliphatic rings. The summed E-state index contributed by atoms with van der Waals surface area (Å²) in [4.78, 5) is 0. The summed E-state index contributed by atoms with van der Waals surface area (Å²) in [6, 6.07) is 0. The van der Waals surface area contributed by atoms with Gasteiger partial charge in [0.05, 0.1) is 0 Å². The minimum absolute atomic E-state index is 0.750. The van der Waals surface area contributed by atoms with Crippen molar-refractivity contribution >= 4 is 0 Å². The number of unbranched alkanes of at least 4 members (excludes halogenated alkanes) is 24. The van der Waals surface area contributed by atoms with Gasteiger partial charge in [-0.2, -0.15) is 0 Å². The molecule has 0 aromatic heterocycles. The zero-order valence-corrected chi connectivity index (χ0v) is 36.4. The third-order valence-corrected chi connectivity index (χ3v) is 10.6. The van der Waals surface area contributed by atoms with Crippen LogP contribution in [0.5, 0.6) is 0 Å². The first kappa shape index (κ1) is 52.3. The highest BCUT2D eigenvalue weighted by atomic mass is 14.9. The third-order valence-electron chi connectivity index (χ3n) is 10.6. The van der Waals surface area contributed by atoms with Gasteiger partial charge in [-0.1, -0.05) is 232 Å². The van der Waals surface area contributed by atoms with Crippen LogP contribution in [-0.2, 0) is 0 Å². The van der Waals surface area contributed by atoms with Crippen molar-refractivity contribution in [2.75, 3.05) is 13.1 Å². The molecule has 0 aromatic carbocycles. The van der Waals surface area contributed by atoms with E-state index in [-0.39, 0.29) is 0 Å². The van der Waals surface area contributed by atoms with Gasteiger partial charge in [0.1, 0.15) is 0 Å². The molecule has 0 aromatic rings. The van der Waals surface area contributed by atoms with Crippen molar-refractivity contribution in [2.24, 2.45) is 11.8 Å². The molecule has 1 nitrogen and oxygen atoms in total. The topological polar surface area (TPSA) is 12.0 Å². The lowest BCUT2D eigenvalue weighted by atomic mass is 9.99. The number of nitrogens with one attached hydrogen (secondary N) is 1. The molecule has 2 rings (SSSR count). The van der Waals surface area contributed by atoms with Gasteiger partial charge in [-0.3, -0.25) is 0 Å². The van der Waals surface area contributed by atoms with Gasteiger partial charge in [-0.25, -0.2) is 0 Å². The van der Waals surface area contributed by atoms with Crippen LogP contribution in [0.2, 0.25) is 0 Å². The van der Waals surface area contributed by atoms with Crippen LogP contribution in [0.4, 0.5) is 0 Å². The quantitative estimate of drug-likeness (QED) is 0.0557.